The fourth-order valence-electron chi connectivity index (χ4n) is 3.16. The summed E-state index contributed by atoms with van der Waals surface area (Å²) in [6.45, 7) is 3.98. The van der Waals surface area contributed by atoms with Crippen LogP contribution in [0, 0.1) is 0 Å². The SMILES string of the molecule is CCC(O)(CC)C(Cc1ccccc1)P(=O)(OC)OCc1ccccc1. The summed E-state index contributed by atoms with van der Waals surface area (Å²) < 4.78 is 24.9. The van der Waals surface area contributed by atoms with Gasteiger partial charge >= 0.3 is 7.60 Å². The zero-order chi connectivity index (χ0) is 19.0. The van der Waals surface area contributed by atoms with Gasteiger partial charge in [-0.15, -0.1) is 0 Å². The molecular weight excluding hydrogens is 347 g/mol. The number of hydrogen-bond donors (Lipinski definition) is 1. The van der Waals surface area contributed by atoms with Crippen molar-refractivity contribution in [3.05, 3.63) is 71.8 Å². The second-order valence-corrected chi connectivity index (χ2v) is 8.82. The van der Waals surface area contributed by atoms with Crippen molar-refractivity contribution in [2.24, 2.45) is 0 Å². The molecule has 26 heavy (non-hydrogen) atoms. The lowest BCUT2D eigenvalue weighted by atomic mass is 9.89. The molecule has 0 spiro atoms. The molecule has 0 saturated heterocycles. The summed E-state index contributed by atoms with van der Waals surface area (Å²) in [7, 11) is -2.15. The minimum absolute atomic E-state index is 0.181. The average Bonchev–Trinajstić information content (AvgIpc) is 2.71. The van der Waals surface area contributed by atoms with Crippen molar-refractivity contribution in [3.63, 3.8) is 0 Å². The average molecular weight is 376 g/mol. The molecule has 0 aliphatic heterocycles. The molecular formula is C21H29O4P. The zero-order valence-electron chi connectivity index (χ0n) is 15.8. The van der Waals surface area contributed by atoms with E-state index < -0.39 is 18.9 Å². The largest absolute Gasteiger partial charge is 0.389 e. The van der Waals surface area contributed by atoms with Crippen LogP contribution >= 0.6 is 7.60 Å². The van der Waals surface area contributed by atoms with Crippen molar-refractivity contribution < 1.29 is 18.7 Å². The Balaban J connectivity index is 2.31. The molecule has 0 aliphatic rings. The Morgan fingerprint density at radius 1 is 0.962 bits per heavy atom. The molecule has 4 nitrogen and oxygen atoms in total. The normalized spacial score (nSPS) is 15.4. The first-order chi connectivity index (χ1) is 12.5. The van der Waals surface area contributed by atoms with Gasteiger partial charge in [-0.1, -0.05) is 74.5 Å². The molecule has 0 aliphatic carbocycles. The molecule has 0 bridgehead atoms. The highest BCUT2D eigenvalue weighted by atomic mass is 31.2. The molecule has 0 saturated carbocycles. The van der Waals surface area contributed by atoms with Gasteiger partial charge < -0.3 is 14.2 Å². The molecule has 0 amide bonds. The topological polar surface area (TPSA) is 55.8 Å². The van der Waals surface area contributed by atoms with E-state index in [2.05, 4.69) is 0 Å². The maximum atomic E-state index is 13.6. The molecule has 0 radical (unpaired) electrons. The Kier molecular flexibility index (Phi) is 7.60. The fraction of sp³-hybridized carbons (Fsp3) is 0.429. The molecule has 5 heteroatoms. The van der Waals surface area contributed by atoms with E-state index in [4.69, 9.17) is 9.05 Å². The van der Waals surface area contributed by atoms with Crippen LogP contribution in [0.2, 0.25) is 0 Å². The van der Waals surface area contributed by atoms with Gasteiger partial charge in [-0.2, -0.15) is 0 Å². The van der Waals surface area contributed by atoms with Crippen LogP contribution in [0.5, 0.6) is 0 Å². The van der Waals surface area contributed by atoms with Gasteiger partial charge in [-0.3, -0.25) is 4.57 Å². The van der Waals surface area contributed by atoms with Crippen LogP contribution in [0.3, 0.4) is 0 Å². The summed E-state index contributed by atoms with van der Waals surface area (Å²) in [5.41, 5.74) is 0.150. The zero-order valence-corrected chi connectivity index (χ0v) is 16.7. The van der Waals surface area contributed by atoms with Gasteiger partial charge in [-0.05, 0) is 30.4 Å². The van der Waals surface area contributed by atoms with Crippen molar-refractivity contribution >= 4 is 7.60 Å². The van der Waals surface area contributed by atoms with E-state index in [1.165, 1.54) is 7.11 Å². The minimum atomic E-state index is -3.55. The standard InChI is InChI=1S/C21H29O4P/c1-4-21(22,5-2)20(16-18-12-8-6-9-13-18)26(23,24-3)25-17-19-14-10-7-11-15-19/h6-15,20,22H,4-5,16-17H2,1-3H3. The van der Waals surface area contributed by atoms with E-state index in [0.717, 1.165) is 11.1 Å². The summed E-state index contributed by atoms with van der Waals surface area (Å²) in [6, 6.07) is 19.3. The Labute approximate surface area is 156 Å². The molecule has 0 fully saturated rings. The predicted molar refractivity (Wildman–Crippen MR) is 105 cm³/mol. The molecule has 1 N–H and O–H groups in total. The second-order valence-electron chi connectivity index (χ2n) is 6.50. The Morgan fingerprint density at radius 2 is 1.46 bits per heavy atom. The van der Waals surface area contributed by atoms with E-state index in [9.17, 15) is 9.67 Å². The van der Waals surface area contributed by atoms with Crippen molar-refractivity contribution in [1.29, 1.82) is 0 Å². The van der Waals surface area contributed by atoms with E-state index in [-0.39, 0.29) is 6.61 Å². The highest BCUT2D eigenvalue weighted by Gasteiger charge is 2.47. The van der Waals surface area contributed by atoms with Crippen LogP contribution in [-0.2, 0) is 26.6 Å². The molecule has 142 valence electrons. The Morgan fingerprint density at radius 3 is 1.92 bits per heavy atom. The van der Waals surface area contributed by atoms with Crippen molar-refractivity contribution in [3.8, 4) is 0 Å². The van der Waals surface area contributed by atoms with Gasteiger partial charge in [0.2, 0.25) is 0 Å². The lowest BCUT2D eigenvalue weighted by molar-refractivity contribution is 0.0169. The van der Waals surface area contributed by atoms with E-state index in [0.29, 0.717) is 19.3 Å². The molecule has 2 unspecified atom stereocenters. The molecule has 2 aromatic carbocycles. The number of benzene rings is 2. The van der Waals surface area contributed by atoms with Gasteiger partial charge in [0.05, 0.1) is 17.9 Å². The van der Waals surface area contributed by atoms with Crippen molar-refractivity contribution in [2.75, 3.05) is 7.11 Å². The van der Waals surface area contributed by atoms with Gasteiger partial charge in [-0.25, -0.2) is 0 Å². The van der Waals surface area contributed by atoms with Crippen LogP contribution in [0.15, 0.2) is 60.7 Å². The third-order valence-electron chi connectivity index (χ3n) is 5.01. The van der Waals surface area contributed by atoms with Gasteiger partial charge in [0.15, 0.2) is 0 Å². The highest BCUT2D eigenvalue weighted by molar-refractivity contribution is 7.54. The first-order valence-electron chi connectivity index (χ1n) is 9.07. The number of aliphatic hydroxyl groups is 1. The third-order valence-corrected chi connectivity index (χ3v) is 7.43. The summed E-state index contributed by atoms with van der Waals surface area (Å²) in [5.74, 6) is 0. The maximum absolute atomic E-state index is 13.6. The van der Waals surface area contributed by atoms with Gasteiger partial charge in [0, 0.05) is 7.11 Å². The van der Waals surface area contributed by atoms with Gasteiger partial charge in [0.25, 0.3) is 0 Å². The van der Waals surface area contributed by atoms with Crippen LogP contribution in [-0.4, -0.2) is 23.5 Å². The second kappa shape index (κ2) is 9.48. The van der Waals surface area contributed by atoms with Crippen LogP contribution in [0.1, 0.15) is 37.8 Å². The van der Waals surface area contributed by atoms with Crippen LogP contribution in [0.4, 0.5) is 0 Å². The van der Waals surface area contributed by atoms with E-state index in [1.807, 2.05) is 74.5 Å². The summed E-state index contributed by atoms with van der Waals surface area (Å²) in [6.07, 6.45) is 1.38. The smallest absolute Gasteiger partial charge is 0.337 e. The lowest BCUT2D eigenvalue weighted by Gasteiger charge is -2.38. The molecule has 2 atom stereocenters. The Bertz CT molecular complexity index is 698. The Hall–Kier alpha value is -1.45. The summed E-state index contributed by atoms with van der Waals surface area (Å²) >= 11 is 0. The van der Waals surface area contributed by atoms with Gasteiger partial charge in [0.1, 0.15) is 0 Å². The highest BCUT2D eigenvalue weighted by Crippen LogP contribution is 2.58. The van der Waals surface area contributed by atoms with Crippen molar-refractivity contribution in [2.45, 2.75) is 51.0 Å². The quantitative estimate of drug-likeness (QED) is 0.579. The number of rotatable bonds is 10. The summed E-state index contributed by atoms with van der Waals surface area (Å²) in [4.78, 5) is 0. The third kappa shape index (κ3) is 5.05. The minimum Gasteiger partial charge on any atom is -0.389 e. The monoisotopic (exact) mass is 376 g/mol. The molecule has 0 aromatic heterocycles. The molecule has 2 rings (SSSR count). The molecule has 2 aromatic rings. The van der Waals surface area contributed by atoms with Crippen LogP contribution < -0.4 is 0 Å². The lowest BCUT2D eigenvalue weighted by Crippen LogP contribution is -2.43. The maximum Gasteiger partial charge on any atom is 0.337 e. The molecule has 0 heterocycles. The predicted octanol–water partition coefficient (Wildman–Crippen LogP) is 5.21. The van der Waals surface area contributed by atoms with Crippen molar-refractivity contribution in [1.82, 2.24) is 0 Å². The number of hydrogen-bond acceptors (Lipinski definition) is 4. The first-order valence-corrected chi connectivity index (χ1v) is 10.7. The van der Waals surface area contributed by atoms with E-state index in [1.54, 1.807) is 0 Å². The first kappa shape index (κ1) is 20.9. The summed E-state index contributed by atoms with van der Waals surface area (Å²) in [5, 5.41) is 11.2. The van der Waals surface area contributed by atoms with E-state index >= 15 is 0 Å². The van der Waals surface area contributed by atoms with Crippen LogP contribution in [0.25, 0.3) is 0 Å². The fourth-order valence-corrected chi connectivity index (χ4v) is 5.42.